The summed E-state index contributed by atoms with van der Waals surface area (Å²) in [4.78, 5) is 0. The Labute approximate surface area is 112 Å². The van der Waals surface area contributed by atoms with Crippen molar-refractivity contribution in [3.63, 3.8) is 0 Å². The van der Waals surface area contributed by atoms with Gasteiger partial charge in [-0.05, 0) is 18.4 Å². The number of rotatable bonds is 5. The van der Waals surface area contributed by atoms with Gasteiger partial charge in [0.05, 0.1) is 5.75 Å². The van der Waals surface area contributed by atoms with Crippen molar-refractivity contribution in [2.45, 2.75) is 19.8 Å². The van der Waals surface area contributed by atoms with Gasteiger partial charge in [0.2, 0.25) is 10.0 Å². The molecule has 19 heavy (non-hydrogen) atoms. The van der Waals surface area contributed by atoms with Gasteiger partial charge in [0, 0.05) is 5.56 Å². The summed E-state index contributed by atoms with van der Waals surface area (Å²) in [5, 5.41) is 3.62. The van der Waals surface area contributed by atoms with Crippen LogP contribution in [0, 0.1) is 6.92 Å². The fourth-order valence-corrected chi connectivity index (χ4v) is 3.21. The van der Waals surface area contributed by atoms with Gasteiger partial charge in [-0.2, -0.15) is 0 Å². The minimum atomic E-state index is -3.45. The van der Waals surface area contributed by atoms with Gasteiger partial charge in [0.15, 0.2) is 5.82 Å². The van der Waals surface area contributed by atoms with Crippen molar-refractivity contribution >= 4 is 15.8 Å². The molecule has 102 valence electrons. The highest BCUT2D eigenvalue weighted by molar-refractivity contribution is 7.92. The first-order chi connectivity index (χ1) is 8.98. The van der Waals surface area contributed by atoms with E-state index in [0.717, 1.165) is 5.56 Å². The van der Waals surface area contributed by atoms with E-state index in [9.17, 15) is 8.42 Å². The topological polar surface area (TPSA) is 72.2 Å². The normalized spacial score (nSPS) is 13.2. The molecule has 0 spiro atoms. The van der Waals surface area contributed by atoms with Crippen LogP contribution in [0.1, 0.15) is 24.0 Å². The SMILES string of the molecule is Cc1conc1NS(=O)(=O)C[C@H](C)c1ccccc1. The van der Waals surface area contributed by atoms with Gasteiger partial charge in [-0.3, -0.25) is 4.72 Å². The van der Waals surface area contributed by atoms with Gasteiger partial charge >= 0.3 is 0 Å². The summed E-state index contributed by atoms with van der Waals surface area (Å²) in [5.74, 6) is 0.162. The second kappa shape index (κ2) is 5.44. The molecule has 6 heteroatoms. The van der Waals surface area contributed by atoms with Crippen LogP contribution in [0.15, 0.2) is 41.1 Å². The molecule has 1 aromatic carbocycles. The molecule has 1 N–H and O–H groups in total. The molecule has 1 heterocycles. The Morgan fingerprint density at radius 3 is 2.58 bits per heavy atom. The third kappa shape index (κ3) is 3.57. The van der Waals surface area contributed by atoms with Crippen LogP contribution >= 0.6 is 0 Å². The molecule has 0 fully saturated rings. The van der Waals surface area contributed by atoms with Gasteiger partial charge in [-0.25, -0.2) is 8.42 Å². The Bertz CT molecular complexity index is 635. The van der Waals surface area contributed by atoms with Gasteiger partial charge in [0.1, 0.15) is 6.26 Å². The molecule has 2 aromatic rings. The molecule has 0 bridgehead atoms. The molecule has 1 aromatic heterocycles. The number of aryl methyl sites for hydroxylation is 1. The lowest BCUT2D eigenvalue weighted by Gasteiger charge is -2.12. The van der Waals surface area contributed by atoms with Crippen LogP contribution in [0.2, 0.25) is 0 Å². The molecule has 1 atom stereocenters. The minimum absolute atomic E-state index is 0.00329. The first-order valence-electron chi connectivity index (χ1n) is 5.94. The van der Waals surface area contributed by atoms with E-state index >= 15 is 0 Å². The van der Waals surface area contributed by atoms with E-state index in [1.165, 1.54) is 6.26 Å². The molecule has 0 amide bonds. The molecular weight excluding hydrogens is 264 g/mol. The molecule has 0 unspecified atom stereocenters. The number of aromatic nitrogens is 1. The zero-order chi connectivity index (χ0) is 13.9. The molecule has 0 saturated heterocycles. The van der Waals surface area contributed by atoms with Gasteiger partial charge in [-0.1, -0.05) is 42.4 Å². The lowest BCUT2D eigenvalue weighted by molar-refractivity contribution is 0.422. The van der Waals surface area contributed by atoms with Crippen molar-refractivity contribution in [2.24, 2.45) is 0 Å². The number of anilines is 1. The van der Waals surface area contributed by atoms with Crippen LogP contribution in [0.25, 0.3) is 0 Å². The van der Waals surface area contributed by atoms with Crippen molar-refractivity contribution in [2.75, 3.05) is 10.5 Å². The maximum Gasteiger partial charge on any atom is 0.234 e. The number of nitrogens with one attached hydrogen (secondary N) is 1. The summed E-state index contributed by atoms with van der Waals surface area (Å²) in [7, 11) is -3.45. The molecule has 0 saturated carbocycles. The fraction of sp³-hybridized carbons (Fsp3) is 0.308. The first kappa shape index (κ1) is 13.6. The number of hydrogen-bond donors (Lipinski definition) is 1. The molecule has 0 radical (unpaired) electrons. The maximum atomic E-state index is 12.0. The standard InChI is InChI=1S/C13H16N2O3S/c1-10-8-18-14-13(10)15-19(16,17)9-11(2)12-6-4-3-5-7-12/h3-8,11H,9H2,1-2H3,(H,14,15)/t11-/m0/s1. The summed E-state index contributed by atoms with van der Waals surface area (Å²) in [5.41, 5.74) is 1.65. The molecule has 0 aliphatic carbocycles. The molecule has 0 aliphatic rings. The van der Waals surface area contributed by atoms with E-state index in [0.29, 0.717) is 5.56 Å². The first-order valence-corrected chi connectivity index (χ1v) is 7.59. The monoisotopic (exact) mass is 280 g/mol. The third-order valence-electron chi connectivity index (χ3n) is 2.84. The Morgan fingerprint density at radius 1 is 1.32 bits per heavy atom. The summed E-state index contributed by atoms with van der Waals surface area (Å²) in [6.45, 7) is 3.61. The number of benzene rings is 1. The molecular formula is C13H16N2O3S. The van der Waals surface area contributed by atoms with E-state index < -0.39 is 10.0 Å². The van der Waals surface area contributed by atoms with Crippen LogP contribution in [-0.2, 0) is 10.0 Å². The molecule has 5 nitrogen and oxygen atoms in total. The lowest BCUT2D eigenvalue weighted by Crippen LogP contribution is -2.21. The zero-order valence-corrected chi connectivity index (χ0v) is 11.6. The van der Waals surface area contributed by atoms with Gasteiger partial charge in [0.25, 0.3) is 0 Å². The van der Waals surface area contributed by atoms with Crippen molar-refractivity contribution in [1.82, 2.24) is 5.16 Å². The maximum absolute atomic E-state index is 12.0. The zero-order valence-electron chi connectivity index (χ0n) is 10.8. The van der Waals surface area contributed by atoms with E-state index in [2.05, 4.69) is 9.88 Å². The highest BCUT2D eigenvalue weighted by Gasteiger charge is 2.19. The largest absolute Gasteiger partial charge is 0.362 e. The highest BCUT2D eigenvalue weighted by Crippen LogP contribution is 2.19. The third-order valence-corrected chi connectivity index (χ3v) is 4.28. The van der Waals surface area contributed by atoms with Crippen molar-refractivity contribution < 1.29 is 12.9 Å². The smallest absolute Gasteiger partial charge is 0.234 e. The Balaban J connectivity index is 2.08. The molecule has 0 aliphatic heterocycles. The van der Waals surface area contributed by atoms with Crippen LogP contribution in [0.4, 0.5) is 5.82 Å². The van der Waals surface area contributed by atoms with Crippen molar-refractivity contribution in [1.29, 1.82) is 0 Å². The predicted molar refractivity (Wildman–Crippen MR) is 73.5 cm³/mol. The Hall–Kier alpha value is -1.82. The van der Waals surface area contributed by atoms with E-state index in [1.54, 1.807) is 6.92 Å². The number of nitrogens with zero attached hydrogens (tertiary/aromatic N) is 1. The summed E-state index contributed by atoms with van der Waals surface area (Å²) in [6, 6.07) is 9.53. The van der Waals surface area contributed by atoms with Crippen LogP contribution < -0.4 is 4.72 Å². The quantitative estimate of drug-likeness (QED) is 0.913. The van der Waals surface area contributed by atoms with E-state index in [4.69, 9.17) is 4.52 Å². The van der Waals surface area contributed by atoms with E-state index in [1.807, 2.05) is 37.3 Å². The second-order valence-electron chi connectivity index (χ2n) is 4.54. The lowest BCUT2D eigenvalue weighted by atomic mass is 10.0. The second-order valence-corrected chi connectivity index (χ2v) is 6.31. The summed E-state index contributed by atoms with van der Waals surface area (Å²) < 4.78 is 31.2. The van der Waals surface area contributed by atoms with Crippen LogP contribution in [-0.4, -0.2) is 19.3 Å². The minimum Gasteiger partial charge on any atom is -0.362 e. The van der Waals surface area contributed by atoms with Crippen LogP contribution in [0.3, 0.4) is 0 Å². The highest BCUT2D eigenvalue weighted by atomic mass is 32.2. The number of hydrogen-bond acceptors (Lipinski definition) is 4. The molecule has 2 rings (SSSR count). The average Bonchev–Trinajstić information content (AvgIpc) is 2.75. The predicted octanol–water partition coefficient (Wildman–Crippen LogP) is 2.53. The van der Waals surface area contributed by atoms with Crippen molar-refractivity contribution in [3.05, 3.63) is 47.7 Å². The average molecular weight is 280 g/mol. The van der Waals surface area contributed by atoms with Gasteiger partial charge in [-0.15, -0.1) is 0 Å². The summed E-state index contributed by atoms with van der Waals surface area (Å²) >= 11 is 0. The summed E-state index contributed by atoms with van der Waals surface area (Å²) in [6.07, 6.45) is 1.40. The van der Waals surface area contributed by atoms with Crippen molar-refractivity contribution in [3.8, 4) is 0 Å². The van der Waals surface area contributed by atoms with Gasteiger partial charge < -0.3 is 4.52 Å². The van der Waals surface area contributed by atoms with E-state index in [-0.39, 0.29) is 17.5 Å². The van der Waals surface area contributed by atoms with Crippen LogP contribution in [0.5, 0.6) is 0 Å². The Kier molecular flexibility index (Phi) is 3.90. The number of sulfonamides is 1. The fourth-order valence-electron chi connectivity index (χ4n) is 1.78. The Morgan fingerprint density at radius 2 is 2.00 bits per heavy atom.